The summed E-state index contributed by atoms with van der Waals surface area (Å²) in [6.07, 6.45) is 16.9. The molecule has 0 bridgehead atoms. The first-order valence-corrected chi connectivity index (χ1v) is 19.9. The number of hydrogen-bond acceptors (Lipinski definition) is 9. The van der Waals surface area contributed by atoms with Crippen molar-refractivity contribution in [1.29, 1.82) is 0 Å². The Kier molecular flexibility index (Phi) is 18.9. The minimum absolute atomic E-state index is 0.0157. The number of ether oxygens (including phenoxy) is 2. The number of anilines is 1. The Morgan fingerprint density at radius 3 is 2.22 bits per heavy atom. The molecular formula is C37H60FN6O5P. The Morgan fingerprint density at radius 2 is 1.60 bits per heavy atom. The molecule has 1 unspecified atom stereocenters. The van der Waals surface area contributed by atoms with Gasteiger partial charge in [0.1, 0.15) is 17.7 Å². The minimum Gasteiger partial charge on any atom is -0.461 e. The van der Waals surface area contributed by atoms with E-state index in [0.29, 0.717) is 24.9 Å². The third kappa shape index (κ3) is 14.7. The molecular weight excluding hydrogens is 658 g/mol. The first-order chi connectivity index (χ1) is 24.2. The highest BCUT2D eigenvalue weighted by molar-refractivity contribution is 7.36. The van der Waals surface area contributed by atoms with Gasteiger partial charge in [-0.25, -0.2) is 10.1 Å². The topological polar surface area (TPSA) is 143 Å². The van der Waals surface area contributed by atoms with Crippen LogP contribution >= 0.6 is 8.18 Å². The number of carbonyl (C=O) groups is 1. The van der Waals surface area contributed by atoms with Gasteiger partial charge >= 0.3 is 12.0 Å². The predicted molar refractivity (Wildman–Crippen MR) is 198 cm³/mol. The number of nitrogens with zero attached hydrogens (tertiary/aromatic N) is 4. The molecule has 0 radical (unpaired) electrons. The number of hydrogen-bond donors (Lipinski definition) is 2. The fraction of sp³-hybridized carbons (Fsp3) is 0.676. The molecule has 0 aliphatic carbocycles. The number of aryl methyl sites for hydroxylation is 1. The van der Waals surface area contributed by atoms with Crippen LogP contribution in [0, 0.1) is 6.08 Å². The number of nitrogens with two attached hydrogens (primary N) is 1. The van der Waals surface area contributed by atoms with E-state index in [0.717, 1.165) is 44.1 Å². The van der Waals surface area contributed by atoms with E-state index in [1.165, 1.54) is 57.7 Å². The van der Waals surface area contributed by atoms with Gasteiger partial charge < -0.3 is 24.3 Å². The third-order valence-corrected chi connectivity index (χ3v) is 10.2. The molecule has 0 saturated heterocycles. The van der Waals surface area contributed by atoms with E-state index in [9.17, 15) is 13.8 Å². The van der Waals surface area contributed by atoms with E-state index in [1.54, 1.807) is 11.7 Å². The number of aromatic nitrogens is 4. The number of esters is 1. The summed E-state index contributed by atoms with van der Waals surface area (Å²) in [6, 6.07) is 8.79. The van der Waals surface area contributed by atoms with E-state index >= 15 is 0 Å². The van der Waals surface area contributed by atoms with Gasteiger partial charge in [-0.2, -0.15) is 14.4 Å². The van der Waals surface area contributed by atoms with Crippen LogP contribution in [0.3, 0.4) is 0 Å². The maximum Gasteiger partial charge on any atom is 0.324 e. The van der Waals surface area contributed by atoms with Gasteiger partial charge in [-0.15, -0.1) is 0 Å². The lowest BCUT2D eigenvalue weighted by molar-refractivity contribution is -0.152. The summed E-state index contributed by atoms with van der Waals surface area (Å²) < 4.78 is 46.6. The minimum atomic E-state index is -2.89. The lowest BCUT2D eigenvalue weighted by Gasteiger charge is -2.28. The molecule has 0 spiro atoms. The predicted octanol–water partition coefficient (Wildman–Crippen LogP) is 8.36. The van der Waals surface area contributed by atoms with Gasteiger partial charge in [-0.1, -0.05) is 108 Å². The van der Waals surface area contributed by atoms with Gasteiger partial charge in [0.05, 0.1) is 18.5 Å². The number of fused-ring (bicyclic) bond motifs is 1. The van der Waals surface area contributed by atoms with Crippen LogP contribution in [0.15, 0.2) is 36.7 Å². The van der Waals surface area contributed by atoms with Crippen molar-refractivity contribution >= 4 is 31.1 Å². The molecule has 0 aliphatic rings. The van der Waals surface area contributed by atoms with Crippen molar-refractivity contribution in [1.82, 2.24) is 24.6 Å². The summed E-state index contributed by atoms with van der Waals surface area (Å²) in [6.45, 7) is 6.60. The average Bonchev–Trinajstić information content (AvgIpc) is 3.52. The molecule has 11 nitrogen and oxygen atoms in total. The van der Waals surface area contributed by atoms with Crippen molar-refractivity contribution in [3.63, 3.8) is 0 Å². The van der Waals surface area contributed by atoms with E-state index < -0.39 is 31.9 Å². The first kappa shape index (κ1) is 41.5. The van der Waals surface area contributed by atoms with Crippen LogP contribution < -0.4 is 10.8 Å². The van der Waals surface area contributed by atoms with Gasteiger partial charge in [-0.3, -0.25) is 9.36 Å². The highest BCUT2D eigenvalue weighted by Gasteiger charge is 2.29. The molecule has 0 fully saturated rings. The van der Waals surface area contributed by atoms with Gasteiger partial charge in [0.15, 0.2) is 11.5 Å². The quantitative estimate of drug-likeness (QED) is 0.0342. The molecule has 3 aromatic rings. The van der Waals surface area contributed by atoms with E-state index in [2.05, 4.69) is 33.9 Å². The molecule has 280 valence electrons. The lowest BCUT2D eigenvalue weighted by atomic mass is 10.0. The van der Waals surface area contributed by atoms with Crippen LogP contribution in [-0.4, -0.2) is 57.0 Å². The normalized spacial score (nSPS) is 14.2. The maximum absolute atomic E-state index is 13.8. The number of nitrogen functional groups attached to an aromatic ring is 1. The van der Waals surface area contributed by atoms with Crippen LogP contribution in [-0.2, 0) is 36.3 Å². The van der Waals surface area contributed by atoms with Crippen molar-refractivity contribution < 1.29 is 27.7 Å². The second-order valence-corrected chi connectivity index (χ2v) is 14.7. The summed E-state index contributed by atoms with van der Waals surface area (Å²) in [5, 5.41) is 2.96. The van der Waals surface area contributed by atoms with Crippen LogP contribution in [0.5, 0.6) is 0 Å². The van der Waals surface area contributed by atoms with E-state index in [1.807, 2.05) is 37.3 Å². The zero-order valence-corrected chi connectivity index (χ0v) is 31.6. The van der Waals surface area contributed by atoms with E-state index in [4.69, 9.17) is 19.7 Å². The first-order valence-electron chi connectivity index (χ1n) is 18.5. The lowest BCUT2D eigenvalue weighted by Crippen LogP contribution is -2.39. The van der Waals surface area contributed by atoms with Crippen molar-refractivity contribution in [2.45, 2.75) is 148 Å². The zero-order chi connectivity index (χ0) is 36.2. The molecule has 2 aromatic heterocycles. The summed E-state index contributed by atoms with van der Waals surface area (Å²) >= 11 is 0. The number of halogens is 1. The number of unbranched alkanes of at least 4 members (excludes halogenated alkanes) is 10. The smallest absolute Gasteiger partial charge is 0.324 e. The molecule has 3 rings (SSSR count). The molecule has 0 aliphatic heterocycles. The Balaban J connectivity index is 1.62. The molecule has 50 heavy (non-hydrogen) atoms. The van der Waals surface area contributed by atoms with Crippen molar-refractivity contribution in [3.8, 4) is 0 Å². The maximum atomic E-state index is 13.8. The molecule has 3 atom stereocenters. The van der Waals surface area contributed by atoms with Crippen LogP contribution in [0.4, 0.5) is 10.2 Å². The van der Waals surface area contributed by atoms with E-state index in [-0.39, 0.29) is 24.2 Å². The fourth-order valence-corrected chi connectivity index (χ4v) is 6.97. The number of nitrogens with one attached hydrogen (secondary N) is 1. The molecule has 2 heterocycles. The number of rotatable bonds is 27. The number of methoxy groups -OCH3 is 1. The average molecular weight is 719 g/mol. The molecule has 1 aromatic carbocycles. The second-order valence-electron chi connectivity index (χ2n) is 13.5. The van der Waals surface area contributed by atoms with Crippen molar-refractivity contribution in [2.24, 2.45) is 0 Å². The Labute approximate surface area is 298 Å². The second kappa shape index (κ2) is 22.8. The molecule has 3 N–H and O–H groups in total. The number of imidazole rings is 1. The molecule has 13 heteroatoms. The highest BCUT2D eigenvalue weighted by atomic mass is 31.1. The van der Waals surface area contributed by atoms with Gasteiger partial charge in [0.25, 0.3) is 8.18 Å². The fourth-order valence-electron chi connectivity index (χ4n) is 5.95. The SMILES string of the molecule is CCCCCCCCC(CCCCCCCC)OC(=O)[C@H](Cc1ccccc1)N[PH](=O)OC[C@](C)(CCn1cnc2c(N)nc(F)nc21)OC. The third-order valence-electron chi connectivity index (χ3n) is 9.25. The highest BCUT2D eigenvalue weighted by Crippen LogP contribution is 2.27. The van der Waals surface area contributed by atoms with Crippen molar-refractivity contribution in [2.75, 3.05) is 19.5 Å². The van der Waals surface area contributed by atoms with Gasteiger partial charge in [0.2, 0.25) is 0 Å². The standard InChI is InChI=1S/C37H60FN6O5P/c1-5-7-9-11-13-18-22-30(23-19-14-12-10-8-6-2)49-35(45)31(26-29-20-16-15-17-21-29)43-50(46)48-27-37(3,47-4)24-25-44-28-40-32-33(39)41-36(38)42-34(32)44/h15-17,20-21,28,30-31,50H,5-14,18-19,22-27H2,1-4H3,(H,43,46)(H2,39,41,42)/t31-,37-/m0/s1. The van der Waals surface area contributed by atoms with Crippen LogP contribution in [0.1, 0.15) is 123 Å². The molecule has 0 saturated carbocycles. The Bertz CT molecular complexity index is 1410. The van der Waals surface area contributed by atoms with Crippen LogP contribution in [0.25, 0.3) is 11.2 Å². The Hall–Kier alpha value is -2.92. The summed E-state index contributed by atoms with van der Waals surface area (Å²) in [5.41, 5.74) is 6.46. The van der Waals surface area contributed by atoms with Crippen molar-refractivity contribution in [3.05, 3.63) is 48.3 Å². The largest absolute Gasteiger partial charge is 0.461 e. The number of benzene rings is 1. The summed E-state index contributed by atoms with van der Waals surface area (Å²) in [7, 11) is -1.35. The van der Waals surface area contributed by atoms with Gasteiger partial charge in [-0.05, 0) is 51.0 Å². The Morgan fingerprint density at radius 1 is 0.980 bits per heavy atom. The zero-order valence-electron chi connectivity index (χ0n) is 30.6. The molecule has 0 amide bonds. The van der Waals surface area contributed by atoms with Gasteiger partial charge in [0, 0.05) is 13.7 Å². The summed E-state index contributed by atoms with van der Waals surface area (Å²) in [5.74, 6) is -0.443. The van der Waals surface area contributed by atoms with Crippen LogP contribution in [0.2, 0.25) is 0 Å². The summed E-state index contributed by atoms with van der Waals surface area (Å²) in [4.78, 5) is 25.3. The number of carbonyl (C=O) groups excluding carboxylic acids is 1. The monoisotopic (exact) mass is 718 g/mol.